The number of halogens is 1. The van der Waals surface area contributed by atoms with E-state index in [-0.39, 0.29) is 17.0 Å². The fraction of sp³-hybridized carbons (Fsp3) is 0.357. The normalized spacial score (nSPS) is 11.6. The average Bonchev–Trinajstić information content (AvgIpc) is 2.76. The number of hydrogen-bond acceptors (Lipinski definition) is 3. The molecule has 0 spiro atoms. The van der Waals surface area contributed by atoms with Crippen LogP contribution in [0.25, 0.3) is 0 Å². The zero-order valence-electron chi connectivity index (χ0n) is 10.7. The summed E-state index contributed by atoms with van der Waals surface area (Å²) in [7, 11) is 0. The van der Waals surface area contributed by atoms with E-state index in [0.29, 0.717) is 6.61 Å². The summed E-state index contributed by atoms with van der Waals surface area (Å²) < 4.78 is 18.8. The first-order chi connectivity index (χ1) is 8.47. The van der Waals surface area contributed by atoms with E-state index in [1.165, 1.54) is 6.07 Å². The summed E-state index contributed by atoms with van der Waals surface area (Å²) in [5.74, 6) is -0.0740. The summed E-state index contributed by atoms with van der Waals surface area (Å²) in [6.45, 7) is 6.65. The van der Waals surface area contributed by atoms with Crippen molar-refractivity contribution < 1.29 is 9.13 Å². The minimum atomic E-state index is -0.342. The van der Waals surface area contributed by atoms with Gasteiger partial charge in [0.25, 0.3) is 0 Å². The van der Waals surface area contributed by atoms with Gasteiger partial charge in [-0.2, -0.15) is 0 Å². The Morgan fingerprint density at radius 2 is 2.00 bits per heavy atom. The smallest absolute Gasteiger partial charge is 0.165 e. The second-order valence-electron chi connectivity index (χ2n) is 5.10. The highest BCUT2D eigenvalue weighted by Crippen LogP contribution is 2.25. The van der Waals surface area contributed by atoms with E-state index in [0.717, 1.165) is 10.7 Å². The highest BCUT2D eigenvalue weighted by Gasteiger charge is 2.17. The molecular formula is C14H16FNOS. The standard InChI is InChI=1S/C14H16FNOS/c1-14(2,3)12-9-18-13(16-12)8-17-11-7-5-4-6-10(11)15/h4-7,9H,8H2,1-3H3. The van der Waals surface area contributed by atoms with Gasteiger partial charge in [0.2, 0.25) is 0 Å². The third kappa shape index (κ3) is 3.07. The van der Waals surface area contributed by atoms with Crippen LogP contribution in [0.5, 0.6) is 5.75 Å². The zero-order valence-corrected chi connectivity index (χ0v) is 11.6. The second kappa shape index (κ2) is 5.06. The molecule has 0 aliphatic carbocycles. The largest absolute Gasteiger partial charge is 0.483 e. The Balaban J connectivity index is 2.03. The average molecular weight is 265 g/mol. The molecule has 2 aromatic rings. The summed E-state index contributed by atoms with van der Waals surface area (Å²) in [5, 5.41) is 2.89. The lowest BCUT2D eigenvalue weighted by Gasteiger charge is -2.14. The first kappa shape index (κ1) is 13.0. The predicted octanol–water partition coefficient (Wildman–Crippen LogP) is 4.16. The number of para-hydroxylation sites is 1. The van der Waals surface area contributed by atoms with Crippen LogP contribution in [-0.4, -0.2) is 4.98 Å². The van der Waals surface area contributed by atoms with Crippen LogP contribution < -0.4 is 4.74 Å². The third-order valence-corrected chi connectivity index (χ3v) is 3.33. The first-order valence-electron chi connectivity index (χ1n) is 5.79. The van der Waals surface area contributed by atoms with Crippen LogP contribution in [-0.2, 0) is 12.0 Å². The number of rotatable bonds is 3. The number of ether oxygens (including phenoxy) is 1. The van der Waals surface area contributed by atoms with E-state index in [4.69, 9.17) is 4.74 Å². The van der Waals surface area contributed by atoms with E-state index in [1.807, 2.05) is 5.38 Å². The van der Waals surface area contributed by atoms with Crippen LogP contribution in [0.2, 0.25) is 0 Å². The maximum absolute atomic E-state index is 13.3. The summed E-state index contributed by atoms with van der Waals surface area (Å²) in [6.07, 6.45) is 0. The Hall–Kier alpha value is -1.42. The molecule has 0 atom stereocenters. The zero-order chi connectivity index (χ0) is 13.2. The maximum atomic E-state index is 13.3. The van der Waals surface area contributed by atoms with Gasteiger partial charge in [-0.15, -0.1) is 11.3 Å². The Labute approximate surface area is 110 Å². The lowest BCUT2D eigenvalue weighted by molar-refractivity contribution is 0.289. The van der Waals surface area contributed by atoms with Crippen LogP contribution in [0, 0.1) is 5.82 Å². The highest BCUT2D eigenvalue weighted by molar-refractivity contribution is 7.09. The van der Waals surface area contributed by atoms with Gasteiger partial charge in [-0.1, -0.05) is 32.9 Å². The SMILES string of the molecule is CC(C)(C)c1csc(COc2ccccc2F)n1. The molecule has 2 nitrogen and oxygen atoms in total. The maximum Gasteiger partial charge on any atom is 0.165 e. The molecule has 0 N–H and O–H groups in total. The molecule has 0 radical (unpaired) electrons. The molecule has 0 saturated carbocycles. The summed E-state index contributed by atoms with van der Waals surface area (Å²) in [4.78, 5) is 4.50. The van der Waals surface area contributed by atoms with Crippen LogP contribution in [0.1, 0.15) is 31.5 Å². The van der Waals surface area contributed by atoms with E-state index in [2.05, 4.69) is 25.8 Å². The Kier molecular flexibility index (Phi) is 3.66. The fourth-order valence-electron chi connectivity index (χ4n) is 1.42. The van der Waals surface area contributed by atoms with Crippen molar-refractivity contribution in [3.63, 3.8) is 0 Å². The van der Waals surface area contributed by atoms with E-state index < -0.39 is 0 Å². The third-order valence-electron chi connectivity index (χ3n) is 2.51. The van der Waals surface area contributed by atoms with Crippen molar-refractivity contribution >= 4 is 11.3 Å². The first-order valence-corrected chi connectivity index (χ1v) is 6.67. The van der Waals surface area contributed by atoms with Crippen molar-refractivity contribution in [2.45, 2.75) is 32.8 Å². The van der Waals surface area contributed by atoms with E-state index in [9.17, 15) is 4.39 Å². The molecule has 96 valence electrons. The van der Waals surface area contributed by atoms with Crippen molar-refractivity contribution in [3.05, 3.63) is 46.2 Å². The summed E-state index contributed by atoms with van der Waals surface area (Å²) in [5.41, 5.74) is 1.08. The van der Waals surface area contributed by atoms with Crippen molar-refractivity contribution in [2.24, 2.45) is 0 Å². The van der Waals surface area contributed by atoms with Crippen LogP contribution in [0.15, 0.2) is 29.6 Å². The van der Waals surface area contributed by atoms with Gasteiger partial charge in [-0.25, -0.2) is 9.37 Å². The van der Waals surface area contributed by atoms with E-state index in [1.54, 1.807) is 29.5 Å². The molecule has 0 unspecified atom stereocenters. The van der Waals surface area contributed by atoms with Gasteiger partial charge < -0.3 is 4.74 Å². The summed E-state index contributed by atoms with van der Waals surface area (Å²) in [6, 6.07) is 6.40. The van der Waals surface area contributed by atoms with Gasteiger partial charge in [0.05, 0.1) is 5.69 Å². The molecule has 1 aromatic carbocycles. The monoisotopic (exact) mass is 265 g/mol. The number of hydrogen-bond donors (Lipinski definition) is 0. The molecular weight excluding hydrogens is 249 g/mol. The molecule has 1 heterocycles. The van der Waals surface area contributed by atoms with Gasteiger partial charge >= 0.3 is 0 Å². The van der Waals surface area contributed by atoms with Crippen molar-refractivity contribution in [1.82, 2.24) is 4.98 Å². The highest BCUT2D eigenvalue weighted by atomic mass is 32.1. The van der Waals surface area contributed by atoms with Crippen molar-refractivity contribution in [1.29, 1.82) is 0 Å². The second-order valence-corrected chi connectivity index (χ2v) is 6.04. The summed E-state index contributed by atoms with van der Waals surface area (Å²) >= 11 is 1.54. The minimum absolute atomic E-state index is 0.0345. The molecule has 0 aliphatic heterocycles. The van der Waals surface area contributed by atoms with Crippen molar-refractivity contribution in [3.8, 4) is 5.75 Å². The molecule has 0 fully saturated rings. The van der Waals surface area contributed by atoms with Gasteiger partial charge in [0.15, 0.2) is 11.6 Å². The molecule has 4 heteroatoms. The van der Waals surface area contributed by atoms with Gasteiger partial charge in [-0.3, -0.25) is 0 Å². The quantitative estimate of drug-likeness (QED) is 0.831. The van der Waals surface area contributed by atoms with Gasteiger partial charge in [0, 0.05) is 10.8 Å². The number of nitrogens with zero attached hydrogens (tertiary/aromatic N) is 1. The molecule has 0 saturated heterocycles. The number of benzene rings is 1. The van der Waals surface area contributed by atoms with Crippen molar-refractivity contribution in [2.75, 3.05) is 0 Å². The molecule has 0 aliphatic rings. The van der Waals surface area contributed by atoms with Gasteiger partial charge in [0.1, 0.15) is 11.6 Å². The van der Waals surface area contributed by atoms with Crippen LogP contribution in [0.4, 0.5) is 4.39 Å². The van der Waals surface area contributed by atoms with Gasteiger partial charge in [-0.05, 0) is 12.1 Å². The van der Waals surface area contributed by atoms with E-state index >= 15 is 0 Å². The fourth-order valence-corrected chi connectivity index (χ4v) is 2.35. The Bertz CT molecular complexity index is 531. The number of aromatic nitrogens is 1. The Morgan fingerprint density at radius 1 is 1.28 bits per heavy atom. The molecule has 1 aromatic heterocycles. The topological polar surface area (TPSA) is 22.1 Å². The lowest BCUT2D eigenvalue weighted by Crippen LogP contribution is -2.11. The van der Waals surface area contributed by atoms with Crippen LogP contribution >= 0.6 is 11.3 Å². The lowest BCUT2D eigenvalue weighted by atomic mass is 9.93. The molecule has 0 amide bonds. The molecule has 0 bridgehead atoms. The number of thiazole rings is 1. The predicted molar refractivity (Wildman–Crippen MR) is 71.5 cm³/mol. The minimum Gasteiger partial charge on any atom is -0.483 e. The van der Waals surface area contributed by atoms with Crippen LogP contribution in [0.3, 0.4) is 0 Å². The molecule has 2 rings (SSSR count). The Morgan fingerprint density at radius 3 is 2.61 bits per heavy atom. The molecule has 18 heavy (non-hydrogen) atoms.